The zero-order chi connectivity index (χ0) is 8.24. The lowest BCUT2D eigenvalue weighted by molar-refractivity contribution is 0.342. The van der Waals surface area contributed by atoms with Crippen LogP contribution in [0.1, 0.15) is 0 Å². The topological polar surface area (TPSA) is 40.5 Å². The van der Waals surface area contributed by atoms with Crippen molar-refractivity contribution in [2.24, 2.45) is 0 Å². The second-order valence-electron chi connectivity index (χ2n) is 1.09. The molecule has 0 unspecified atom stereocenters. The van der Waals surface area contributed by atoms with E-state index >= 15 is 0 Å². The van der Waals surface area contributed by atoms with Crippen molar-refractivity contribution in [2.45, 2.75) is 0 Å². The molecule has 10 heavy (non-hydrogen) atoms. The van der Waals surface area contributed by atoms with Crippen molar-refractivity contribution >= 4 is 23.2 Å². The number of hydrogen-bond donors (Lipinski definition) is 2. The first-order chi connectivity index (χ1) is 4.83. The minimum absolute atomic E-state index is 0.0312. The Morgan fingerprint density at radius 1 is 0.900 bits per heavy atom. The summed E-state index contributed by atoms with van der Waals surface area (Å²) in [6.45, 7) is 0.0625. The Morgan fingerprint density at radius 3 is 1.20 bits per heavy atom. The van der Waals surface area contributed by atoms with Gasteiger partial charge >= 0.3 is 0 Å². The number of aliphatic hydroxyl groups is 2. The van der Waals surface area contributed by atoms with E-state index in [0.29, 0.717) is 0 Å². The van der Waals surface area contributed by atoms with Crippen LogP contribution < -0.4 is 0 Å². The van der Waals surface area contributed by atoms with Gasteiger partial charge in [-0.15, -0.1) is 0 Å². The molecule has 0 fully saturated rings. The van der Waals surface area contributed by atoms with E-state index in [2.05, 4.69) is 0 Å². The molecule has 0 saturated heterocycles. The van der Waals surface area contributed by atoms with Crippen molar-refractivity contribution in [1.29, 1.82) is 0 Å². The van der Waals surface area contributed by atoms with E-state index in [-0.39, 0.29) is 13.2 Å². The maximum atomic E-state index is 7.90. The van der Waals surface area contributed by atoms with Crippen LogP contribution in [0.5, 0.6) is 0 Å². The fourth-order valence-electron chi connectivity index (χ4n) is 0.0797. The highest BCUT2D eigenvalue weighted by atomic mass is 35.5. The largest absolute Gasteiger partial charge is 0.392 e. The van der Waals surface area contributed by atoms with Gasteiger partial charge in [0.15, 0.2) is 0 Å². The first-order valence-corrected chi connectivity index (χ1v) is 3.42. The van der Waals surface area contributed by atoms with Gasteiger partial charge in [0.2, 0.25) is 0 Å². The Hall–Kier alpha value is -0.0200. The number of aliphatic hydroxyl groups excluding tert-OH is 2. The highest BCUT2D eigenvalue weighted by Crippen LogP contribution is 1.72. The lowest BCUT2D eigenvalue weighted by Crippen LogP contribution is -1.64. The predicted molar refractivity (Wildman–Crippen MR) is 44.2 cm³/mol. The SMILES string of the molecule is OC/C=C/Cl.OC/C=C/Cl. The maximum absolute atomic E-state index is 7.90. The average Bonchev–Trinajstić information content (AvgIpc) is 1.93. The summed E-state index contributed by atoms with van der Waals surface area (Å²) in [7, 11) is 0. The summed E-state index contributed by atoms with van der Waals surface area (Å²) in [5.74, 6) is 0. The fraction of sp³-hybridized carbons (Fsp3) is 0.333. The number of halogens is 2. The van der Waals surface area contributed by atoms with Gasteiger partial charge in [0, 0.05) is 11.1 Å². The van der Waals surface area contributed by atoms with E-state index in [1.54, 1.807) is 0 Å². The van der Waals surface area contributed by atoms with Crippen molar-refractivity contribution < 1.29 is 10.2 Å². The van der Waals surface area contributed by atoms with E-state index in [4.69, 9.17) is 33.4 Å². The molecule has 0 aromatic heterocycles. The van der Waals surface area contributed by atoms with Gasteiger partial charge in [0.25, 0.3) is 0 Å². The molecule has 0 radical (unpaired) electrons. The molecule has 0 atom stereocenters. The Morgan fingerprint density at radius 2 is 1.20 bits per heavy atom. The summed E-state index contributed by atoms with van der Waals surface area (Å²) in [6, 6.07) is 0. The molecule has 0 heterocycles. The summed E-state index contributed by atoms with van der Waals surface area (Å²) in [4.78, 5) is 0. The third kappa shape index (κ3) is 24.5. The molecule has 0 aliphatic carbocycles. The molecule has 0 rings (SSSR count). The van der Waals surface area contributed by atoms with Crippen LogP contribution in [0.4, 0.5) is 0 Å². The van der Waals surface area contributed by atoms with Gasteiger partial charge in [-0.25, -0.2) is 0 Å². The summed E-state index contributed by atoms with van der Waals surface area (Å²) in [5.41, 5.74) is 2.56. The Labute approximate surface area is 70.4 Å². The predicted octanol–water partition coefficient (Wildman–Crippen LogP) is 1.46. The van der Waals surface area contributed by atoms with Crippen LogP contribution in [0.2, 0.25) is 0 Å². The second kappa shape index (κ2) is 16.0. The molecule has 0 aliphatic heterocycles. The first kappa shape index (κ1) is 12.6. The van der Waals surface area contributed by atoms with Crippen molar-refractivity contribution in [2.75, 3.05) is 13.2 Å². The standard InChI is InChI=1S/2C3H5ClO/c2*4-2-1-3-5/h2*1-2,5H,3H2/b2*2-1+. The second-order valence-corrected chi connectivity index (χ2v) is 1.59. The van der Waals surface area contributed by atoms with Crippen LogP contribution in [-0.4, -0.2) is 23.4 Å². The number of rotatable bonds is 2. The molecular weight excluding hydrogens is 175 g/mol. The van der Waals surface area contributed by atoms with E-state index in [1.165, 1.54) is 23.2 Å². The quantitative estimate of drug-likeness (QED) is 0.683. The normalized spacial score (nSPS) is 10.0. The smallest absolute Gasteiger partial charge is 0.0623 e. The lowest BCUT2D eigenvalue weighted by Gasteiger charge is -1.64. The summed E-state index contributed by atoms with van der Waals surface area (Å²) >= 11 is 9.92. The Bertz CT molecular complexity index is 79.7. The van der Waals surface area contributed by atoms with Crippen LogP contribution in [0.15, 0.2) is 23.2 Å². The summed E-state index contributed by atoms with van der Waals surface area (Å²) < 4.78 is 0. The minimum Gasteiger partial charge on any atom is -0.392 e. The van der Waals surface area contributed by atoms with Crippen LogP contribution >= 0.6 is 23.2 Å². The zero-order valence-electron chi connectivity index (χ0n) is 5.37. The molecule has 0 saturated carbocycles. The fourth-order valence-corrected chi connectivity index (χ4v) is 0.239. The van der Waals surface area contributed by atoms with Crippen molar-refractivity contribution in [3.8, 4) is 0 Å². The van der Waals surface area contributed by atoms with Gasteiger partial charge in [0.1, 0.15) is 0 Å². The van der Waals surface area contributed by atoms with Crippen LogP contribution in [-0.2, 0) is 0 Å². The molecule has 60 valence electrons. The van der Waals surface area contributed by atoms with Gasteiger partial charge in [-0.05, 0) is 12.2 Å². The van der Waals surface area contributed by atoms with Gasteiger partial charge in [-0.2, -0.15) is 0 Å². The minimum atomic E-state index is 0.0312. The third-order valence-electron chi connectivity index (χ3n) is 0.389. The Kier molecular flexibility index (Phi) is 20.2. The molecule has 2 N–H and O–H groups in total. The highest BCUT2D eigenvalue weighted by Gasteiger charge is 1.54. The summed E-state index contributed by atoms with van der Waals surface area (Å²) in [5, 5.41) is 15.8. The molecule has 0 bridgehead atoms. The molecular formula is C6H10Cl2O2. The maximum Gasteiger partial charge on any atom is 0.0623 e. The molecule has 0 spiro atoms. The van der Waals surface area contributed by atoms with E-state index in [1.807, 2.05) is 0 Å². The van der Waals surface area contributed by atoms with Crippen molar-refractivity contribution in [3.05, 3.63) is 23.2 Å². The molecule has 2 nitrogen and oxygen atoms in total. The van der Waals surface area contributed by atoms with Gasteiger partial charge in [-0.3, -0.25) is 0 Å². The van der Waals surface area contributed by atoms with E-state index in [0.717, 1.165) is 0 Å². The average molecular weight is 185 g/mol. The van der Waals surface area contributed by atoms with Crippen LogP contribution in [0, 0.1) is 0 Å². The monoisotopic (exact) mass is 184 g/mol. The Balaban J connectivity index is 0. The van der Waals surface area contributed by atoms with Gasteiger partial charge in [-0.1, -0.05) is 23.2 Å². The van der Waals surface area contributed by atoms with E-state index in [9.17, 15) is 0 Å². The molecule has 0 amide bonds. The number of hydrogen-bond acceptors (Lipinski definition) is 2. The lowest BCUT2D eigenvalue weighted by atomic mass is 10.7. The van der Waals surface area contributed by atoms with Crippen molar-refractivity contribution in [3.63, 3.8) is 0 Å². The molecule has 0 aliphatic rings. The van der Waals surface area contributed by atoms with Crippen LogP contribution in [0.25, 0.3) is 0 Å². The molecule has 0 aromatic carbocycles. The van der Waals surface area contributed by atoms with Crippen LogP contribution in [0.3, 0.4) is 0 Å². The van der Waals surface area contributed by atoms with Crippen molar-refractivity contribution in [1.82, 2.24) is 0 Å². The third-order valence-corrected chi connectivity index (χ3v) is 0.745. The highest BCUT2D eigenvalue weighted by molar-refractivity contribution is 6.25. The van der Waals surface area contributed by atoms with E-state index < -0.39 is 0 Å². The molecule has 4 heteroatoms. The first-order valence-electron chi connectivity index (χ1n) is 2.55. The summed E-state index contributed by atoms with van der Waals surface area (Å²) in [6.07, 6.45) is 2.89. The zero-order valence-corrected chi connectivity index (χ0v) is 6.89. The molecule has 0 aromatic rings. The van der Waals surface area contributed by atoms with Gasteiger partial charge < -0.3 is 10.2 Å². The van der Waals surface area contributed by atoms with Gasteiger partial charge in [0.05, 0.1) is 13.2 Å².